The molecule has 7 nitrogen and oxygen atoms in total. The van der Waals surface area contributed by atoms with Gasteiger partial charge in [0.1, 0.15) is 0 Å². The lowest BCUT2D eigenvalue weighted by Crippen LogP contribution is -2.43. The summed E-state index contributed by atoms with van der Waals surface area (Å²) in [5.74, 6) is -0.287. The number of carbonyl (C=O) groups excluding carboxylic acids is 2. The van der Waals surface area contributed by atoms with Crippen molar-refractivity contribution in [1.29, 1.82) is 0 Å². The minimum Gasteiger partial charge on any atom is -0.481 e. The molecule has 0 atom stereocenters. The quantitative estimate of drug-likeness (QED) is 0.447. The summed E-state index contributed by atoms with van der Waals surface area (Å²) in [5, 5.41) is 16.9. The highest BCUT2D eigenvalue weighted by molar-refractivity contribution is 7.99. The number of aliphatic carboxylic acids is 1. The molecule has 1 fully saturated rings. The van der Waals surface area contributed by atoms with E-state index in [9.17, 15) is 14.4 Å². The van der Waals surface area contributed by atoms with Crippen molar-refractivity contribution >= 4 is 29.7 Å². The molecule has 0 unspecified atom stereocenters. The van der Waals surface area contributed by atoms with E-state index in [2.05, 4.69) is 16.0 Å². The van der Waals surface area contributed by atoms with E-state index in [4.69, 9.17) is 5.11 Å². The Kier molecular flexibility index (Phi) is 10.3. The normalized spacial score (nSPS) is 15.0. The molecule has 23 heavy (non-hydrogen) atoms. The molecule has 0 aromatic rings. The summed E-state index contributed by atoms with van der Waals surface area (Å²) in [4.78, 5) is 33.5. The predicted molar refractivity (Wildman–Crippen MR) is 90.6 cm³/mol. The standard InChI is InChI=1S/C15H27N3O4S/c19-13(16-9-10-23-11-14(20)21)7-4-8-17-15(22)18-12-5-2-1-3-6-12/h12H,1-11H2,(H,16,19)(H,20,21)(H2,17,18,22). The van der Waals surface area contributed by atoms with Crippen molar-refractivity contribution in [3.63, 3.8) is 0 Å². The fraction of sp³-hybridized carbons (Fsp3) is 0.800. The molecule has 1 aliphatic carbocycles. The van der Waals surface area contributed by atoms with E-state index in [1.54, 1.807) is 0 Å². The third kappa shape index (κ3) is 10.8. The monoisotopic (exact) mass is 345 g/mol. The molecule has 0 heterocycles. The number of hydrogen-bond acceptors (Lipinski definition) is 4. The average molecular weight is 345 g/mol. The predicted octanol–water partition coefficient (Wildman–Crippen LogP) is 1.33. The van der Waals surface area contributed by atoms with Crippen LogP contribution in [0.1, 0.15) is 44.9 Å². The van der Waals surface area contributed by atoms with Gasteiger partial charge in [-0.05, 0) is 19.3 Å². The van der Waals surface area contributed by atoms with Crippen LogP contribution in [-0.2, 0) is 9.59 Å². The first-order valence-electron chi connectivity index (χ1n) is 8.18. The molecule has 1 saturated carbocycles. The van der Waals surface area contributed by atoms with Crippen LogP contribution in [0.5, 0.6) is 0 Å². The Bertz CT molecular complexity index is 387. The van der Waals surface area contributed by atoms with Gasteiger partial charge < -0.3 is 21.1 Å². The summed E-state index contributed by atoms with van der Waals surface area (Å²) in [6.07, 6.45) is 6.65. The van der Waals surface area contributed by atoms with Crippen molar-refractivity contribution in [3.8, 4) is 0 Å². The maximum absolute atomic E-state index is 11.7. The second-order valence-electron chi connectivity index (χ2n) is 5.64. The van der Waals surface area contributed by atoms with Crippen LogP contribution in [0.4, 0.5) is 4.79 Å². The lowest BCUT2D eigenvalue weighted by molar-refractivity contribution is -0.133. The number of thioether (sulfide) groups is 1. The molecule has 0 aliphatic heterocycles. The fourth-order valence-corrected chi connectivity index (χ4v) is 3.01. The Hall–Kier alpha value is -1.44. The van der Waals surface area contributed by atoms with Crippen LogP contribution >= 0.6 is 11.8 Å². The summed E-state index contributed by atoms with van der Waals surface area (Å²) < 4.78 is 0. The van der Waals surface area contributed by atoms with Gasteiger partial charge in [-0.15, -0.1) is 11.8 Å². The second-order valence-corrected chi connectivity index (χ2v) is 6.74. The summed E-state index contributed by atoms with van der Waals surface area (Å²) in [6.45, 7) is 0.937. The molecule has 0 spiro atoms. The Morgan fingerprint density at radius 2 is 1.78 bits per heavy atom. The Morgan fingerprint density at radius 1 is 1.04 bits per heavy atom. The van der Waals surface area contributed by atoms with E-state index in [1.165, 1.54) is 31.0 Å². The van der Waals surface area contributed by atoms with E-state index in [0.717, 1.165) is 12.8 Å². The summed E-state index contributed by atoms with van der Waals surface area (Å²) in [5.41, 5.74) is 0. The van der Waals surface area contributed by atoms with Crippen molar-refractivity contribution in [1.82, 2.24) is 16.0 Å². The molecule has 1 aliphatic rings. The molecule has 3 amide bonds. The van der Waals surface area contributed by atoms with Crippen LogP contribution in [0.15, 0.2) is 0 Å². The molecular weight excluding hydrogens is 318 g/mol. The third-order valence-electron chi connectivity index (χ3n) is 3.60. The lowest BCUT2D eigenvalue weighted by atomic mass is 9.96. The van der Waals surface area contributed by atoms with Gasteiger partial charge in [0, 0.05) is 31.3 Å². The molecule has 0 aromatic carbocycles. The largest absolute Gasteiger partial charge is 0.481 e. The van der Waals surface area contributed by atoms with Crippen LogP contribution in [0.25, 0.3) is 0 Å². The number of urea groups is 1. The van der Waals surface area contributed by atoms with E-state index < -0.39 is 5.97 Å². The number of nitrogens with one attached hydrogen (secondary N) is 3. The maximum atomic E-state index is 11.7. The molecule has 0 radical (unpaired) electrons. The Labute approximate surface area is 141 Å². The maximum Gasteiger partial charge on any atom is 0.315 e. The third-order valence-corrected chi connectivity index (χ3v) is 4.54. The Morgan fingerprint density at radius 3 is 2.48 bits per heavy atom. The molecule has 0 saturated heterocycles. The smallest absolute Gasteiger partial charge is 0.315 e. The molecule has 4 N–H and O–H groups in total. The first kappa shape index (κ1) is 19.6. The average Bonchev–Trinajstić information content (AvgIpc) is 2.52. The number of carboxylic acids is 1. The van der Waals surface area contributed by atoms with Gasteiger partial charge in [-0.1, -0.05) is 19.3 Å². The zero-order valence-corrected chi connectivity index (χ0v) is 14.3. The number of hydrogen-bond donors (Lipinski definition) is 4. The minimum absolute atomic E-state index is 0.0515. The minimum atomic E-state index is -0.848. The van der Waals surface area contributed by atoms with Crippen LogP contribution in [0, 0.1) is 0 Å². The number of carbonyl (C=O) groups is 3. The number of carboxylic acid groups (broad SMARTS) is 1. The van der Waals surface area contributed by atoms with Gasteiger partial charge in [-0.3, -0.25) is 9.59 Å². The highest BCUT2D eigenvalue weighted by atomic mass is 32.2. The van der Waals surface area contributed by atoms with E-state index in [1.807, 2.05) is 0 Å². The van der Waals surface area contributed by atoms with Crippen molar-refractivity contribution in [2.75, 3.05) is 24.6 Å². The van der Waals surface area contributed by atoms with Crippen LogP contribution in [0.2, 0.25) is 0 Å². The molecule has 1 rings (SSSR count). The van der Waals surface area contributed by atoms with Crippen LogP contribution < -0.4 is 16.0 Å². The first-order chi connectivity index (χ1) is 11.1. The van der Waals surface area contributed by atoms with Crippen LogP contribution in [0.3, 0.4) is 0 Å². The summed E-state index contributed by atoms with van der Waals surface area (Å²) in [6, 6.07) is 0.137. The molecule has 8 heteroatoms. The summed E-state index contributed by atoms with van der Waals surface area (Å²) in [7, 11) is 0. The topological polar surface area (TPSA) is 108 Å². The first-order valence-corrected chi connectivity index (χ1v) is 9.34. The van der Waals surface area contributed by atoms with Crippen molar-refractivity contribution < 1.29 is 19.5 Å². The van der Waals surface area contributed by atoms with E-state index in [0.29, 0.717) is 31.7 Å². The van der Waals surface area contributed by atoms with Crippen LogP contribution in [-0.4, -0.2) is 53.7 Å². The number of rotatable bonds is 10. The SMILES string of the molecule is O=C(O)CSCCNC(=O)CCCNC(=O)NC1CCCCC1. The van der Waals surface area contributed by atoms with Crippen molar-refractivity contribution in [2.24, 2.45) is 0 Å². The van der Waals surface area contributed by atoms with E-state index >= 15 is 0 Å². The van der Waals surface area contributed by atoms with E-state index in [-0.39, 0.29) is 23.7 Å². The highest BCUT2D eigenvalue weighted by Gasteiger charge is 2.15. The van der Waals surface area contributed by atoms with Crippen molar-refractivity contribution in [2.45, 2.75) is 51.0 Å². The van der Waals surface area contributed by atoms with Gasteiger partial charge in [-0.25, -0.2) is 4.79 Å². The summed E-state index contributed by atoms with van der Waals surface area (Å²) >= 11 is 1.27. The zero-order chi connectivity index (χ0) is 16.9. The van der Waals surface area contributed by atoms with Gasteiger partial charge in [0.2, 0.25) is 5.91 Å². The second kappa shape index (κ2) is 12.0. The highest BCUT2D eigenvalue weighted by Crippen LogP contribution is 2.17. The van der Waals surface area contributed by atoms with Gasteiger partial charge >= 0.3 is 12.0 Å². The van der Waals surface area contributed by atoms with Gasteiger partial charge in [0.15, 0.2) is 0 Å². The van der Waals surface area contributed by atoms with Gasteiger partial charge in [0.05, 0.1) is 5.75 Å². The zero-order valence-electron chi connectivity index (χ0n) is 13.4. The molecule has 0 bridgehead atoms. The fourth-order valence-electron chi connectivity index (χ4n) is 2.44. The van der Waals surface area contributed by atoms with Crippen molar-refractivity contribution in [3.05, 3.63) is 0 Å². The molecule has 132 valence electrons. The number of amides is 3. The lowest BCUT2D eigenvalue weighted by Gasteiger charge is -2.22. The van der Waals surface area contributed by atoms with Gasteiger partial charge in [-0.2, -0.15) is 0 Å². The molecule has 0 aromatic heterocycles. The van der Waals surface area contributed by atoms with Gasteiger partial charge in [0.25, 0.3) is 0 Å². The Balaban J connectivity index is 1.93. The molecular formula is C15H27N3O4S.